The van der Waals surface area contributed by atoms with Crippen molar-refractivity contribution < 1.29 is 4.74 Å². The third-order valence-electron chi connectivity index (χ3n) is 3.31. The number of hydrogen-bond donors (Lipinski definition) is 1. The van der Waals surface area contributed by atoms with E-state index in [-0.39, 0.29) is 0 Å². The fourth-order valence-electron chi connectivity index (χ4n) is 2.46. The van der Waals surface area contributed by atoms with Crippen molar-refractivity contribution >= 4 is 11.8 Å². The SMILES string of the molecule is CCCNC(CCSC)c1c(C)cc(C)cc1OC. The van der Waals surface area contributed by atoms with Gasteiger partial charge in [0.05, 0.1) is 7.11 Å². The molecule has 19 heavy (non-hydrogen) atoms. The van der Waals surface area contributed by atoms with Crippen molar-refractivity contribution in [3.63, 3.8) is 0 Å². The number of hydrogen-bond acceptors (Lipinski definition) is 3. The van der Waals surface area contributed by atoms with Crippen LogP contribution in [0, 0.1) is 13.8 Å². The Balaban J connectivity index is 3.04. The van der Waals surface area contributed by atoms with Gasteiger partial charge in [0, 0.05) is 11.6 Å². The van der Waals surface area contributed by atoms with Gasteiger partial charge in [-0.2, -0.15) is 11.8 Å². The molecule has 2 nitrogen and oxygen atoms in total. The van der Waals surface area contributed by atoms with Gasteiger partial charge < -0.3 is 10.1 Å². The number of ether oxygens (including phenoxy) is 1. The Hall–Kier alpha value is -0.670. The van der Waals surface area contributed by atoms with E-state index in [0.717, 1.165) is 30.9 Å². The van der Waals surface area contributed by atoms with Crippen molar-refractivity contribution in [1.29, 1.82) is 0 Å². The normalized spacial score (nSPS) is 12.5. The number of nitrogens with one attached hydrogen (secondary N) is 1. The smallest absolute Gasteiger partial charge is 0.124 e. The standard InChI is InChI=1S/C16H27NOS/c1-6-8-17-14(7-9-19-5)16-13(3)10-12(2)11-15(16)18-4/h10-11,14,17H,6-9H2,1-5H3. The number of methoxy groups -OCH3 is 1. The van der Waals surface area contributed by atoms with Crippen molar-refractivity contribution in [3.05, 3.63) is 28.8 Å². The van der Waals surface area contributed by atoms with Crippen LogP contribution in [-0.4, -0.2) is 25.7 Å². The van der Waals surface area contributed by atoms with Crippen LogP contribution in [0.4, 0.5) is 0 Å². The maximum Gasteiger partial charge on any atom is 0.124 e. The van der Waals surface area contributed by atoms with E-state index in [1.807, 2.05) is 11.8 Å². The molecule has 1 atom stereocenters. The molecule has 0 saturated heterocycles. The van der Waals surface area contributed by atoms with Crippen LogP contribution in [-0.2, 0) is 0 Å². The summed E-state index contributed by atoms with van der Waals surface area (Å²) < 4.78 is 5.60. The van der Waals surface area contributed by atoms with Crippen molar-refractivity contribution in [2.24, 2.45) is 0 Å². The lowest BCUT2D eigenvalue weighted by Gasteiger charge is -2.23. The molecule has 1 aromatic rings. The van der Waals surface area contributed by atoms with Crippen molar-refractivity contribution in [2.75, 3.05) is 25.7 Å². The number of thioether (sulfide) groups is 1. The molecule has 1 unspecified atom stereocenters. The second kappa shape index (κ2) is 8.49. The third kappa shape index (κ3) is 4.73. The van der Waals surface area contributed by atoms with E-state index in [1.165, 1.54) is 16.7 Å². The summed E-state index contributed by atoms with van der Waals surface area (Å²) in [5.41, 5.74) is 3.92. The lowest BCUT2D eigenvalue weighted by atomic mass is 9.96. The van der Waals surface area contributed by atoms with Crippen molar-refractivity contribution in [3.8, 4) is 5.75 Å². The summed E-state index contributed by atoms with van der Waals surface area (Å²) in [6, 6.07) is 4.78. The molecule has 1 aromatic carbocycles. The van der Waals surface area contributed by atoms with Gasteiger partial charge in [0.2, 0.25) is 0 Å². The zero-order valence-electron chi connectivity index (χ0n) is 12.9. The zero-order chi connectivity index (χ0) is 14.3. The van der Waals surface area contributed by atoms with Gasteiger partial charge in [0.1, 0.15) is 5.75 Å². The summed E-state index contributed by atoms with van der Waals surface area (Å²) >= 11 is 1.90. The summed E-state index contributed by atoms with van der Waals surface area (Å²) in [4.78, 5) is 0. The molecule has 0 aliphatic rings. The van der Waals surface area contributed by atoms with Crippen LogP contribution < -0.4 is 10.1 Å². The first-order chi connectivity index (χ1) is 9.13. The van der Waals surface area contributed by atoms with Gasteiger partial charge in [0.25, 0.3) is 0 Å². The Morgan fingerprint density at radius 3 is 2.63 bits per heavy atom. The van der Waals surface area contributed by atoms with Crippen LogP contribution in [0.1, 0.15) is 42.5 Å². The summed E-state index contributed by atoms with van der Waals surface area (Å²) in [5, 5.41) is 3.66. The molecule has 0 bridgehead atoms. The fraction of sp³-hybridized carbons (Fsp3) is 0.625. The van der Waals surface area contributed by atoms with Crippen LogP contribution in [0.2, 0.25) is 0 Å². The van der Waals surface area contributed by atoms with Gasteiger partial charge in [-0.05, 0) is 62.4 Å². The van der Waals surface area contributed by atoms with E-state index in [1.54, 1.807) is 7.11 Å². The first-order valence-corrected chi connectivity index (χ1v) is 8.40. The lowest BCUT2D eigenvalue weighted by Crippen LogP contribution is -2.24. The zero-order valence-corrected chi connectivity index (χ0v) is 13.7. The Morgan fingerprint density at radius 1 is 1.32 bits per heavy atom. The number of rotatable bonds is 8. The van der Waals surface area contributed by atoms with Crippen molar-refractivity contribution in [1.82, 2.24) is 5.32 Å². The highest BCUT2D eigenvalue weighted by Gasteiger charge is 2.18. The van der Waals surface area contributed by atoms with Gasteiger partial charge in [-0.3, -0.25) is 0 Å². The molecule has 0 radical (unpaired) electrons. The monoisotopic (exact) mass is 281 g/mol. The number of aryl methyl sites for hydroxylation is 2. The summed E-state index contributed by atoms with van der Waals surface area (Å²) in [5.74, 6) is 2.19. The average Bonchev–Trinajstić information content (AvgIpc) is 2.39. The van der Waals surface area contributed by atoms with Gasteiger partial charge >= 0.3 is 0 Å². The molecule has 108 valence electrons. The average molecular weight is 281 g/mol. The lowest BCUT2D eigenvalue weighted by molar-refractivity contribution is 0.396. The summed E-state index contributed by atoms with van der Waals surface area (Å²) in [7, 11) is 1.77. The Kier molecular flexibility index (Phi) is 7.32. The van der Waals surface area contributed by atoms with E-state index in [4.69, 9.17) is 4.74 Å². The van der Waals surface area contributed by atoms with Gasteiger partial charge in [-0.25, -0.2) is 0 Å². The maximum atomic E-state index is 5.60. The quantitative estimate of drug-likeness (QED) is 0.775. The predicted octanol–water partition coefficient (Wildman–Crippen LogP) is 4.11. The highest BCUT2D eigenvalue weighted by atomic mass is 32.2. The molecule has 0 aliphatic heterocycles. The van der Waals surface area contributed by atoms with E-state index in [9.17, 15) is 0 Å². The van der Waals surface area contributed by atoms with Crippen LogP contribution in [0.5, 0.6) is 5.75 Å². The molecule has 1 N–H and O–H groups in total. The third-order valence-corrected chi connectivity index (χ3v) is 3.96. The maximum absolute atomic E-state index is 5.60. The highest BCUT2D eigenvalue weighted by Crippen LogP contribution is 2.32. The first-order valence-electron chi connectivity index (χ1n) is 7.01. The molecule has 0 aliphatic carbocycles. The van der Waals surface area contributed by atoms with E-state index in [0.29, 0.717) is 6.04 Å². The molecule has 0 spiro atoms. The second-order valence-corrected chi connectivity index (χ2v) is 5.97. The first kappa shape index (κ1) is 16.4. The predicted molar refractivity (Wildman–Crippen MR) is 86.5 cm³/mol. The highest BCUT2D eigenvalue weighted by molar-refractivity contribution is 7.98. The molecule has 3 heteroatoms. The largest absolute Gasteiger partial charge is 0.496 e. The van der Waals surface area contributed by atoms with Gasteiger partial charge in [-0.15, -0.1) is 0 Å². The van der Waals surface area contributed by atoms with Crippen molar-refractivity contribution in [2.45, 2.75) is 39.7 Å². The van der Waals surface area contributed by atoms with Crippen LogP contribution in [0.25, 0.3) is 0 Å². The van der Waals surface area contributed by atoms with E-state index in [2.05, 4.69) is 44.5 Å². The Labute approximate surface area is 122 Å². The Bertz CT molecular complexity index is 385. The molecule has 1 rings (SSSR count). The fourth-order valence-corrected chi connectivity index (χ4v) is 2.93. The van der Waals surface area contributed by atoms with Crippen LogP contribution in [0.3, 0.4) is 0 Å². The van der Waals surface area contributed by atoms with E-state index >= 15 is 0 Å². The minimum atomic E-state index is 0.392. The van der Waals surface area contributed by atoms with E-state index < -0.39 is 0 Å². The molecule has 0 amide bonds. The van der Waals surface area contributed by atoms with Crippen LogP contribution >= 0.6 is 11.8 Å². The summed E-state index contributed by atoms with van der Waals surface area (Å²) in [6.07, 6.45) is 4.46. The van der Waals surface area contributed by atoms with Gasteiger partial charge in [-0.1, -0.05) is 13.0 Å². The van der Waals surface area contributed by atoms with Gasteiger partial charge in [0.15, 0.2) is 0 Å². The second-order valence-electron chi connectivity index (χ2n) is 4.99. The number of benzene rings is 1. The molecule has 0 saturated carbocycles. The molecular formula is C16H27NOS. The molecule has 0 aromatic heterocycles. The molecule has 0 fully saturated rings. The van der Waals surface area contributed by atoms with Crippen LogP contribution in [0.15, 0.2) is 12.1 Å². The Morgan fingerprint density at radius 2 is 2.05 bits per heavy atom. The molecule has 0 heterocycles. The molecular weight excluding hydrogens is 254 g/mol. The summed E-state index contributed by atoms with van der Waals surface area (Å²) in [6.45, 7) is 7.56. The minimum absolute atomic E-state index is 0.392. The minimum Gasteiger partial charge on any atom is -0.496 e. The topological polar surface area (TPSA) is 21.3 Å².